The van der Waals surface area contributed by atoms with Gasteiger partial charge in [0.25, 0.3) is 0 Å². The molecule has 150 valence electrons. The van der Waals surface area contributed by atoms with Gasteiger partial charge < -0.3 is 4.74 Å². The predicted octanol–water partition coefficient (Wildman–Crippen LogP) is 3.61. The first-order valence-electron chi connectivity index (χ1n) is 9.83. The largest absolute Gasteiger partial charge is 0.461 e. The van der Waals surface area contributed by atoms with Gasteiger partial charge >= 0.3 is 6.01 Å². The molecule has 1 amide bonds. The number of anilines is 1. The van der Waals surface area contributed by atoms with E-state index in [4.69, 9.17) is 15.7 Å². The first-order valence-corrected chi connectivity index (χ1v) is 9.83. The molecule has 7 heteroatoms. The second-order valence-corrected chi connectivity index (χ2v) is 7.56. The number of ether oxygens (including phenoxy) is 1. The number of hydrogen-bond donors (Lipinski definition) is 1. The van der Waals surface area contributed by atoms with Gasteiger partial charge in [-0.2, -0.15) is 9.61 Å². The van der Waals surface area contributed by atoms with Crippen molar-refractivity contribution in [2.45, 2.75) is 26.4 Å². The van der Waals surface area contributed by atoms with Crippen LogP contribution in [0.4, 0.5) is 5.69 Å². The van der Waals surface area contributed by atoms with Crippen molar-refractivity contribution in [3.8, 4) is 28.4 Å². The van der Waals surface area contributed by atoms with Crippen molar-refractivity contribution in [2.75, 3.05) is 5.01 Å². The lowest BCUT2D eigenvalue weighted by Crippen LogP contribution is -2.33. The average molecular weight is 399 g/mol. The molecule has 0 spiro atoms. The van der Waals surface area contributed by atoms with Gasteiger partial charge in [0, 0.05) is 17.3 Å². The number of hydrazine groups is 1. The Hall–Kier alpha value is -3.71. The van der Waals surface area contributed by atoms with Crippen LogP contribution in [-0.4, -0.2) is 26.6 Å². The number of amides is 1. The zero-order valence-corrected chi connectivity index (χ0v) is 16.7. The van der Waals surface area contributed by atoms with Crippen molar-refractivity contribution < 1.29 is 9.53 Å². The van der Waals surface area contributed by atoms with Crippen LogP contribution in [0.1, 0.15) is 19.4 Å². The Balaban J connectivity index is 1.77. The van der Waals surface area contributed by atoms with E-state index in [1.165, 1.54) is 5.01 Å². The summed E-state index contributed by atoms with van der Waals surface area (Å²) in [6.45, 7) is 3.91. The zero-order chi connectivity index (χ0) is 20.8. The van der Waals surface area contributed by atoms with Gasteiger partial charge in [0.05, 0.1) is 23.7 Å². The fourth-order valence-electron chi connectivity index (χ4n) is 3.83. The number of nitrogens with zero attached hydrogens (tertiary/aromatic N) is 4. The maximum absolute atomic E-state index is 12.0. The molecule has 5 rings (SSSR count). The highest BCUT2D eigenvalue weighted by Crippen LogP contribution is 2.39. The van der Waals surface area contributed by atoms with Crippen LogP contribution >= 0.6 is 0 Å². The lowest BCUT2D eigenvalue weighted by molar-refractivity contribution is -0.117. The molecule has 0 saturated heterocycles. The van der Waals surface area contributed by atoms with Crippen LogP contribution in [0.5, 0.6) is 6.01 Å². The molecular formula is C23H21N5O2. The average Bonchev–Trinajstić information content (AvgIpc) is 3.26. The molecule has 0 saturated carbocycles. The molecule has 0 bridgehead atoms. The van der Waals surface area contributed by atoms with Crippen molar-refractivity contribution in [1.29, 1.82) is 0 Å². The lowest BCUT2D eigenvalue weighted by atomic mass is 9.97. The van der Waals surface area contributed by atoms with E-state index in [9.17, 15) is 4.79 Å². The number of nitrogens with two attached hydrogens (primary N) is 1. The van der Waals surface area contributed by atoms with Crippen molar-refractivity contribution in [3.63, 3.8) is 0 Å². The molecule has 7 nitrogen and oxygen atoms in total. The smallest absolute Gasteiger partial charge is 0.318 e. The number of carbonyl (C=O) groups excluding carboxylic acids is 1. The molecule has 0 atom stereocenters. The summed E-state index contributed by atoms with van der Waals surface area (Å²) in [6, 6.07) is 18.3. The summed E-state index contributed by atoms with van der Waals surface area (Å²) in [5, 5.41) is 6.08. The first-order chi connectivity index (χ1) is 14.5. The maximum atomic E-state index is 12.0. The highest BCUT2D eigenvalue weighted by molar-refractivity contribution is 6.02. The van der Waals surface area contributed by atoms with E-state index >= 15 is 0 Å². The number of benzene rings is 2. The summed E-state index contributed by atoms with van der Waals surface area (Å²) in [6.07, 6.45) is 1.99. The minimum absolute atomic E-state index is 0.0301. The van der Waals surface area contributed by atoms with E-state index in [0.29, 0.717) is 12.4 Å². The van der Waals surface area contributed by atoms with Crippen molar-refractivity contribution in [2.24, 2.45) is 5.84 Å². The van der Waals surface area contributed by atoms with Gasteiger partial charge in [0.1, 0.15) is 5.69 Å². The van der Waals surface area contributed by atoms with Crippen LogP contribution in [0.3, 0.4) is 0 Å². The minimum Gasteiger partial charge on any atom is -0.461 e. The van der Waals surface area contributed by atoms with Gasteiger partial charge in [-0.05, 0) is 43.2 Å². The fourth-order valence-corrected chi connectivity index (χ4v) is 3.83. The molecular weight excluding hydrogens is 378 g/mol. The van der Waals surface area contributed by atoms with Crippen LogP contribution in [0.2, 0.25) is 0 Å². The predicted molar refractivity (Wildman–Crippen MR) is 115 cm³/mol. The number of carbonyl (C=O) groups is 1. The Bertz CT molecular complexity index is 1260. The van der Waals surface area contributed by atoms with Crippen LogP contribution < -0.4 is 15.6 Å². The SMILES string of the molecule is CC(C)Oc1nccc2c(-c3ccc4c(c3)CC(=O)N4N)c(-c3ccccc3)nn12. The normalized spacial score (nSPS) is 13.3. The van der Waals surface area contributed by atoms with Gasteiger partial charge in [-0.1, -0.05) is 36.4 Å². The third-order valence-corrected chi connectivity index (χ3v) is 5.15. The molecule has 4 aromatic rings. The Morgan fingerprint density at radius 2 is 1.87 bits per heavy atom. The van der Waals surface area contributed by atoms with Crippen molar-refractivity contribution in [1.82, 2.24) is 14.6 Å². The third kappa shape index (κ3) is 2.91. The summed E-state index contributed by atoms with van der Waals surface area (Å²) < 4.78 is 7.63. The molecule has 1 aliphatic rings. The maximum Gasteiger partial charge on any atom is 0.318 e. The second-order valence-electron chi connectivity index (χ2n) is 7.56. The molecule has 0 fully saturated rings. The number of hydrogen-bond acceptors (Lipinski definition) is 5. The van der Waals surface area contributed by atoms with Gasteiger partial charge in [0.2, 0.25) is 5.91 Å². The number of rotatable bonds is 4. The van der Waals surface area contributed by atoms with Crippen LogP contribution in [0, 0.1) is 0 Å². The molecule has 0 unspecified atom stereocenters. The van der Waals surface area contributed by atoms with E-state index in [1.807, 2.05) is 68.4 Å². The third-order valence-electron chi connectivity index (χ3n) is 5.15. The fraction of sp³-hybridized carbons (Fsp3) is 0.174. The highest BCUT2D eigenvalue weighted by atomic mass is 16.5. The molecule has 30 heavy (non-hydrogen) atoms. The van der Waals surface area contributed by atoms with Gasteiger partial charge in [-0.15, -0.1) is 0 Å². The van der Waals surface area contributed by atoms with Crippen LogP contribution in [0.15, 0.2) is 60.8 Å². The summed E-state index contributed by atoms with van der Waals surface area (Å²) in [4.78, 5) is 16.4. The molecule has 0 radical (unpaired) electrons. The Kier molecular flexibility index (Phi) is 4.25. The van der Waals surface area contributed by atoms with Gasteiger partial charge in [-0.25, -0.2) is 15.8 Å². The molecule has 1 aliphatic heterocycles. The first kappa shape index (κ1) is 18.3. The minimum atomic E-state index is -0.109. The summed E-state index contributed by atoms with van der Waals surface area (Å²) in [7, 11) is 0. The lowest BCUT2D eigenvalue weighted by Gasteiger charge is -2.11. The number of fused-ring (bicyclic) bond motifs is 2. The summed E-state index contributed by atoms with van der Waals surface area (Å²) in [5.74, 6) is 5.77. The van der Waals surface area contributed by atoms with Gasteiger partial charge in [-0.3, -0.25) is 4.79 Å². The molecule has 2 N–H and O–H groups in total. The van der Waals surface area contributed by atoms with Crippen molar-refractivity contribution >= 4 is 17.1 Å². The van der Waals surface area contributed by atoms with Crippen molar-refractivity contribution in [3.05, 3.63) is 66.4 Å². The number of aromatic nitrogens is 3. The van der Waals surface area contributed by atoms with E-state index in [1.54, 1.807) is 10.7 Å². The van der Waals surface area contributed by atoms with Crippen LogP contribution in [0.25, 0.3) is 27.9 Å². The van der Waals surface area contributed by atoms with E-state index < -0.39 is 0 Å². The quantitative estimate of drug-likeness (QED) is 0.418. The van der Waals surface area contributed by atoms with Gasteiger partial charge in [0.15, 0.2) is 0 Å². The molecule has 2 aromatic heterocycles. The summed E-state index contributed by atoms with van der Waals surface area (Å²) >= 11 is 0. The topological polar surface area (TPSA) is 85.8 Å². The molecule has 3 heterocycles. The Morgan fingerprint density at radius 3 is 2.63 bits per heavy atom. The van der Waals surface area contributed by atoms with E-state index in [2.05, 4.69) is 4.98 Å². The second kappa shape index (κ2) is 6.96. The van der Waals surface area contributed by atoms with E-state index in [0.717, 1.165) is 39.2 Å². The monoisotopic (exact) mass is 399 g/mol. The Labute approximate surface area is 173 Å². The zero-order valence-electron chi connectivity index (χ0n) is 16.7. The Morgan fingerprint density at radius 1 is 1.07 bits per heavy atom. The standard InChI is InChI=1S/C23H21N5O2/c1-14(2)30-23-25-11-10-19-21(22(26-28(19)23)15-6-4-3-5-7-15)16-8-9-18-17(12-16)13-20(29)27(18)24/h3-12,14H,13,24H2,1-2H3. The summed E-state index contributed by atoms with van der Waals surface area (Å²) in [5.41, 5.74) is 6.27. The molecule has 2 aromatic carbocycles. The van der Waals surface area contributed by atoms with Crippen LogP contribution in [-0.2, 0) is 11.2 Å². The highest BCUT2D eigenvalue weighted by Gasteiger charge is 2.26. The van der Waals surface area contributed by atoms with E-state index in [-0.39, 0.29) is 12.0 Å². The molecule has 0 aliphatic carbocycles.